The van der Waals surface area contributed by atoms with E-state index in [0.29, 0.717) is 22.0 Å². The summed E-state index contributed by atoms with van der Waals surface area (Å²) in [5, 5.41) is 14.7. The normalized spacial score (nSPS) is 9.65. The highest BCUT2D eigenvalue weighted by Gasteiger charge is 2.06. The highest BCUT2D eigenvalue weighted by Crippen LogP contribution is 2.22. The molecule has 0 saturated heterocycles. The number of halogens is 2. The zero-order chi connectivity index (χ0) is 14.5. The van der Waals surface area contributed by atoms with Crippen molar-refractivity contribution in [1.29, 1.82) is 5.26 Å². The zero-order valence-electron chi connectivity index (χ0n) is 10.2. The maximum absolute atomic E-state index is 11.8. The van der Waals surface area contributed by atoms with Crippen LogP contribution in [0.2, 0.25) is 5.02 Å². The molecule has 2 aromatic carbocycles. The van der Waals surface area contributed by atoms with Gasteiger partial charge in [-0.1, -0.05) is 11.6 Å². The van der Waals surface area contributed by atoms with Gasteiger partial charge in [-0.05, 0) is 65.1 Å². The fourth-order valence-corrected chi connectivity index (χ4v) is 2.51. The van der Waals surface area contributed by atoms with Gasteiger partial charge >= 0.3 is 6.03 Å². The molecule has 2 amide bonds. The van der Waals surface area contributed by atoms with Crippen LogP contribution in [-0.2, 0) is 0 Å². The highest BCUT2D eigenvalue weighted by atomic mass is 127. The second-order valence-electron chi connectivity index (χ2n) is 3.89. The first-order chi connectivity index (χ1) is 9.58. The summed E-state index contributed by atoms with van der Waals surface area (Å²) in [4.78, 5) is 11.8. The lowest BCUT2D eigenvalue weighted by atomic mass is 10.2. The molecular formula is C14H9ClIN3O. The molecule has 0 aliphatic rings. The zero-order valence-corrected chi connectivity index (χ0v) is 13.1. The third kappa shape index (κ3) is 3.85. The van der Waals surface area contributed by atoms with Gasteiger partial charge in [0.25, 0.3) is 0 Å². The topological polar surface area (TPSA) is 64.9 Å². The van der Waals surface area contributed by atoms with Crippen molar-refractivity contribution in [1.82, 2.24) is 0 Å². The summed E-state index contributed by atoms with van der Waals surface area (Å²) in [6.45, 7) is 0. The maximum Gasteiger partial charge on any atom is 0.323 e. The van der Waals surface area contributed by atoms with Crippen LogP contribution in [-0.4, -0.2) is 6.03 Å². The second-order valence-corrected chi connectivity index (χ2v) is 5.49. The van der Waals surface area contributed by atoms with Gasteiger partial charge in [0.2, 0.25) is 0 Å². The van der Waals surface area contributed by atoms with Crippen molar-refractivity contribution in [3.8, 4) is 6.07 Å². The van der Waals surface area contributed by atoms with Crippen LogP contribution in [0.1, 0.15) is 5.56 Å². The van der Waals surface area contributed by atoms with Crippen LogP contribution in [0.5, 0.6) is 0 Å². The van der Waals surface area contributed by atoms with Crippen LogP contribution in [0.25, 0.3) is 0 Å². The first-order valence-electron chi connectivity index (χ1n) is 5.62. The van der Waals surface area contributed by atoms with Crippen LogP contribution >= 0.6 is 34.2 Å². The molecule has 0 atom stereocenters. The molecule has 2 N–H and O–H groups in total. The largest absolute Gasteiger partial charge is 0.323 e. The van der Waals surface area contributed by atoms with E-state index in [1.807, 2.05) is 6.07 Å². The van der Waals surface area contributed by atoms with Crippen molar-refractivity contribution in [2.45, 2.75) is 0 Å². The number of urea groups is 1. The molecule has 20 heavy (non-hydrogen) atoms. The summed E-state index contributed by atoms with van der Waals surface area (Å²) in [5.41, 5.74) is 1.84. The van der Waals surface area contributed by atoms with Crippen molar-refractivity contribution >= 4 is 51.6 Å². The van der Waals surface area contributed by atoms with E-state index in [0.717, 1.165) is 3.57 Å². The first kappa shape index (κ1) is 14.6. The lowest BCUT2D eigenvalue weighted by Gasteiger charge is -2.09. The predicted molar refractivity (Wildman–Crippen MR) is 88.0 cm³/mol. The van der Waals surface area contributed by atoms with Gasteiger partial charge in [0.05, 0.1) is 17.3 Å². The van der Waals surface area contributed by atoms with E-state index >= 15 is 0 Å². The van der Waals surface area contributed by atoms with Gasteiger partial charge in [-0.2, -0.15) is 5.26 Å². The van der Waals surface area contributed by atoms with Gasteiger partial charge in [-0.25, -0.2) is 4.79 Å². The van der Waals surface area contributed by atoms with Crippen LogP contribution in [0.4, 0.5) is 16.2 Å². The Morgan fingerprint density at radius 3 is 2.45 bits per heavy atom. The quantitative estimate of drug-likeness (QED) is 0.735. The molecule has 0 bridgehead atoms. The van der Waals surface area contributed by atoms with E-state index < -0.39 is 0 Å². The summed E-state index contributed by atoms with van der Waals surface area (Å²) in [5.74, 6) is 0. The second kappa shape index (κ2) is 6.59. The smallest absolute Gasteiger partial charge is 0.308 e. The van der Waals surface area contributed by atoms with Crippen LogP contribution in [0.15, 0.2) is 42.5 Å². The van der Waals surface area contributed by atoms with E-state index in [2.05, 4.69) is 33.2 Å². The third-order valence-corrected chi connectivity index (χ3v) is 3.58. The van der Waals surface area contributed by atoms with Crippen LogP contribution in [0.3, 0.4) is 0 Å². The highest BCUT2D eigenvalue weighted by molar-refractivity contribution is 14.1. The molecule has 0 aliphatic carbocycles. The van der Waals surface area contributed by atoms with Gasteiger partial charge in [-0.15, -0.1) is 0 Å². The molecule has 0 fully saturated rings. The number of carbonyl (C=O) groups excluding carboxylic acids is 1. The minimum Gasteiger partial charge on any atom is -0.308 e. The predicted octanol–water partition coefficient (Wildman–Crippen LogP) is 4.46. The number of nitriles is 1. The summed E-state index contributed by atoms with van der Waals surface area (Å²) in [7, 11) is 0. The van der Waals surface area contributed by atoms with Gasteiger partial charge < -0.3 is 10.6 Å². The van der Waals surface area contributed by atoms with Gasteiger partial charge in [0.15, 0.2) is 0 Å². The van der Waals surface area contributed by atoms with Crippen molar-refractivity contribution < 1.29 is 4.79 Å². The average Bonchev–Trinajstić information content (AvgIpc) is 2.43. The van der Waals surface area contributed by atoms with E-state index in [9.17, 15) is 4.79 Å². The molecule has 100 valence electrons. The minimum absolute atomic E-state index is 0.352. The van der Waals surface area contributed by atoms with Crippen LogP contribution < -0.4 is 10.6 Å². The van der Waals surface area contributed by atoms with E-state index in [1.165, 1.54) is 0 Å². The lowest BCUT2D eigenvalue weighted by molar-refractivity contribution is 0.262. The number of nitrogens with zero attached hydrogens (tertiary/aromatic N) is 1. The van der Waals surface area contributed by atoms with Gasteiger partial charge in [0, 0.05) is 14.3 Å². The number of hydrogen-bond acceptors (Lipinski definition) is 2. The number of amides is 2. The Morgan fingerprint density at radius 1 is 1.15 bits per heavy atom. The SMILES string of the molecule is N#Cc1ccc(NC(=O)Nc2ccc(Cl)cc2I)cc1. The summed E-state index contributed by atoms with van der Waals surface area (Å²) < 4.78 is 0.852. The molecule has 6 heteroatoms. The molecule has 0 spiro atoms. The Labute approximate surface area is 134 Å². The number of hydrogen-bond donors (Lipinski definition) is 2. The van der Waals surface area contributed by atoms with E-state index in [1.54, 1.807) is 42.5 Å². The number of rotatable bonds is 2. The summed E-state index contributed by atoms with van der Waals surface area (Å²) in [6, 6.07) is 13.5. The van der Waals surface area contributed by atoms with E-state index in [4.69, 9.17) is 16.9 Å². The molecule has 4 nitrogen and oxygen atoms in total. The Kier molecular flexibility index (Phi) is 4.82. The Balaban J connectivity index is 2.03. The third-order valence-electron chi connectivity index (χ3n) is 2.45. The number of anilines is 2. The van der Waals surface area contributed by atoms with Gasteiger partial charge in [-0.3, -0.25) is 0 Å². The Bertz CT molecular complexity index is 680. The molecular weight excluding hydrogens is 389 g/mol. The Hall–Kier alpha value is -1.78. The maximum atomic E-state index is 11.8. The van der Waals surface area contributed by atoms with Crippen LogP contribution in [0, 0.1) is 14.9 Å². The standard InChI is InChI=1S/C14H9ClIN3O/c15-10-3-6-13(12(16)7-10)19-14(20)18-11-4-1-9(8-17)2-5-11/h1-7H,(H2,18,19,20). The number of carbonyl (C=O) groups is 1. The van der Waals surface area contributed by atoms with Crippen molar-refractivity contribution in [3.63, 3.8) is 0 Å². The fraction of sp³-hybridized carbons (Fsp3) is 0. The summed E-state index contributed by atoms with van der Waals surface area (Å²) in [6.07, 6.45) is 0. The fourth-order valence-electron chi connectivity index (χ4n) is 1.50. The first-order valence-corrected chi connectivity index (χ1v) is 7.07. The minimum atomic E-state index is -0.352. The summed E-state index contributed by atoms with van der Waals surface area (Å²) >= 11 is 7.95. The molecule has 0 saturated carbocycles. The molecule has 0 heterocycles. The monoisotopic (exact) mass is 397 g/mol. The van der Waals surface area contributed by atoms with Crippen molar-refractivity contribution in [2.24, 2.45) is 0 Å². The number of benzene rings is 2. The molecule has 0 aromatic heterocycles. The van der Waals surface area contributed by atoms with Crippen molar-refractivity contribution in [2.75, 3.05) is 10.6 Å². The van der Waals surface area contributed by atoms with E-state index in [-0.39, 0.29) is 6.03 Å². The molecule has 0 aliphatic heterocycles. The average molecular weight is 398 g/mol. The Morgan fingerprint density at radius 2 is 1.85 bits per heavy atom. The molecule has 0 radical (unpaired) electrons. The molecule has 2 aromatic rings. The molecule has 0 unspecified atom stereocenters. The molecule has 2 rings (SSSR count). The van der Waals surface area contributed by atoms with Gasteiger partial charge in [0.1, 0.15) is 0 Å². The lowest BCUT2D eigenvalue weighted by Crippen LogP contribution is -2.19. The number of nitrogens with one attached hydrogen (secondary N) is 2. The van der Waals surface area contributed by atoms with Crippen molar-refractivity contribution in [3.05, 3.63) is 56.6 Å².